The first-order valence-electron chi connectivity index (χ1n) is 13.0. The quantitative estimate of drug-likeness (QED) is 0.270. The lowest BCUT2D eigenvalue weighted by molar-refractivity contribution is -0.153. The number of phenols is 1. The van der Waals surface area contributed by atoms with E-state index in [-0.39, 0.29) is 29.7 Å². The second-order valence-corrected chi connectivity index (χ2v) is 11.6. The molecule has 0 heterocycles. The fraction of sp³-hybridized carbons (Fsp3) is 0.536. The number of aliphatic hydroxyl groups is 3. The highest BCUT2D eigenvalue weighted by Crippen LogP contribution is 2.54. The van der Waals surface area contributed by atoms with Gasteiger partial charge in [-0.1, -0.05) is 13.8 Å². The molecule has 212 valence electrons. The first kappa shape index (κ1) is 28.6. The van der Waals surface area contributed by atoms with Crippen LogP contribution in [0.25, 0.3) is 5.76 Å². The van der Waals surface area contributed by atoms with Crippen LogP contribution >= 0.6 is 0 Å². The molecule has 11 nitrogen and oxygen atoms in total. The van der Waals surface area contributed by atoms with Gasteiger partial charge in [0.05, 0.1) is 11.6 Å². The number of nitrogens with one attached hydrogen (secondary N) is 1. The van der Waals surface area contributed by atoms with Crippen molar-refractivity contribution in [1.29, 1.82) is 0 Å². The Labute approximate surface area is 227 Å². The number of benzene rings is 1. The van der Waals surface area contributed by atoms with Crippen molar-refractivity contribution in [2.24, 2.45) is 23.5 Å². The van der Waals surface area contributed by atoms with Gasteiger partial charge in [0, 0.05) is 43.4 Å². The number of anilines is 1. The molecule has 2 unspecified atom stereocenters. The van der Waals surface area contributed by atoms with Crippen LogP contribution in [0.3, 0.4) is 0 Å². The van der Waals surface area contributed by atoms with Crippen LogP contribution in [0, 0.1) is 17.8 Å². The summed E-state index contributed by atoms with van der Waals surface area (Å²) in [7, 11) is 6.83. The van der Waals surface area contributed by atoms with Crippen LogP contribution < -0.4 is 16.0 Å². The SMILES string of the molecule is CC(C)CNCc1cc(N(C)C)c2c(c1O)C(O)=C1C(=O)[C@]3(O)C(O)=C(C(N)=O)C(=O)C(N(C)C)[C@@H]3CC1C2. The van der Waals surface area contributed by atoms with Gasteiger partial charge in [0.1, 0.15) is 22.8 Å². The maximum Gasteiger partial charge on any atom is 0.255 e. The minimum Gasteiger partial charge on any atom is -0.508 e. The van der Waals surface area contributed by atoms with Gasteiger partial charge in [-0.15, -0.1) is 0 Å². The number of hydrogen-bond acceptors (Lipinski definition) is 10. The Bertz CT molecular complexity index is 1310. The molecule has 0 spiro atoms. The molecule has 7 N–H and O–H groups in total. The molecule has 39 heavy (non-hydrogen) atoms. The summed E-state index contributed by atoms with van der Waals surface area (Å²) in [5.41, 5.74) is 3.75. The molecule has 1 aromatic carbocycles. The van der Waals surface area contributed by atoms with Crippen molar-refractivity contribution in [2.75, 3.05) is 39.6 Å². The molecule has 0 saturated heterocycles. The molecule has 0 radical (unpaired) electrons. The van der Waals surface area contributed by atoms with E-state index in [0.29, 0.717) is 30.1 Å². The van der Waals surface area contributed by atoms with Gasteiger partial charge in [-0.3, -0.25) is 19.3 Å². The molecule has 0 bridgehead atoms. The molecule has 1 aromatic rings. The third kappa shape index (κ3) is 4.29. The number of nitrogens with zero attached hydrogens (tertiary/aromatic N) is 2. The number of carbonyl (C=O) groups is 3. The zero-order chi connectivity index (χ0) is 29.1. The normalized spacial score (nSPS) is 26.6. The highest BCUT2D eigenvalue weighted by Gasteiger charge is 2.64. The predicted octanol–water partition coefficient (Wildman–Crippen LogP) is 0.776. The smallest absolute Gasteiger partial charge is 0.255 e. The zero-order valence-corrected chi connectivity index (χ0v) is 23.2. The Hall–Kier alpha value is -3.41. The van der Waals surface area contributed by atoms with E-state index in [4.69, 9.17) is 5.73 Å². The summed E-state index contributed by atoms with van der Waals surface area (Å²) in [6.45, 7) is 5.14. The Morgan fingerprint density at radius 2 is 1.82 bits per heavy atom. The van der Waals surface area contributed by atoms with Gasteiger partial charge in [-0.2, -0.15) is 0 Å². The molecule has 4 atom stereocenters. The van der Waals surface area contributed by atoms with E-state index in [2.05, 4.69) is 19.2 Å². The number of primary amides is 1. The zero-order valence-electron chi connectivity index (χ0n) is 23.2. The predicted molar refractivity (Wildman–Crippen MR) is 145 cm³/mol. The van der Waals surface area contributed by atoms with E-state index in [1.807, 2.05) is 25.1 Å². The number of aromatic hydroxyl groups is 1. The average Bonchev–Trinajstić information content (AvgIpc) is 2.81. The first-order valence-corrected chi connectivity index (χ1v) is 13.0. The number of hydrogen-bond donors (Lipinski definition) is 6. The average molecular weight is 543 g/mol. The van der Waals surface area contributed by atoms with E-state index in [1.54, 1.807) is 14.1 Å². The number of Topliss-reactive ketones (excluding diaryl/α,β-unsaturated/α-hetero) is 2. The third-order valence-corrected chi connectivity index (χ3v) is 8.13. The van der Waals surface area contributed by atoms with Crippen LogP contribution in [-0.4, -0.2) is 89.2 Å². The van der Waals surface area contributed by atoms with Crippen LogP contribution in [0.1, 0.15) is 37.0 Å². The summed E-state index contributed by atoms with van der Waals surface area (Å²) < 4.78 is 0. The Morgan fingerprint density at radius 3 is 2.36 bits per heavy atom. The van der Waals surface area contributed by atoms with Crippen LogP contribution in [-0.2, 0) is 27.3 Å². The van der Waals surface area contributed by atoms with E-state index in [9.17, 15) is 34.8 Å². The second kappa shape index (κ2) is 9.96. The number of phenolic OH excluding ortho intramolecular Hbond substituents is 1. The summed E-state index contributed by atoms with van der Waals surface area (Å²) in [5, 5.41) is 48.8. The minimum absolute atomic E-state index is 0.0527. The highest BCUT2D eigenvalue weighted by atomic mass is 16.3. The number of aliphatic hydroxyl groups excluding tert-OH is 2. The van der Waals surface area contributed by atoms with Crippen LogP contribution in [0.15, 0.2) is 23.0 Å². The second-order valence-electron chi connectivity index (χ2n) is 11.6. The topological polar surface area (TPSA) is 177 Å². The summed E-state index contributed by atoms with van der Waals surface area (Å²) >= 11 is 0. The first-order chi connectivity index (χ1) is 18.1. The number of amides is 1. The van der Waals surface area contributed by atoms with Crippen molar-refractivity contribution < 1.29 is 34.8 Å². The molecule has 0 aromatic heterocycles. The molecular formula is C28H38N4O7. The Morgan fingerprint density at radius 1 is 1.18 bits per heavy atom. The maximum absolute atomic E-state index is 14.0. The lowest BCUT2D eigenvalue weighted by Crippen LogP contribution is -2.65. The van der Waals surface area contributed by atoms with Crippen LogP contribution in [0.2, 0.25) is 0 Å². The van der Waals surface area contributed by atoms with E-state index in [0.717, 1.165) is 5.69 Å². The number of fused-ring (bicyclic) bond motifs is 3. The van der Waals surface area contributed by atoms with Gasteiger partial charge < -0.3 is 36.4 Å². The minimum atomic E-state index is -2.65. The number of ketones is 2. The molecular weight excluding hydrogens is 504 g/mol. The highest BCUT2D eigenvalue weighted by molar-refractivity contribution is 6.24. The summed E-state index contributed by atoms with van der Waals surface area (Å²) in [6.07, 6.45) is 0.298. The van der Waals surface area contributed by atoms with Crippen molar-refractivity contribution in [2.45, 2.75) is 44.9 Å². The Kier molecular flexibility index (Phi) is 7.30. The van der Waals surface area contributed by atoms with Crippen molar-refractivity contribution in [1.82, 2.24) is 10.2 Å². The Balaban J connectivity index is 1.93. The van der Waals surface area contributed by atoms with Gasteiger partial charge in [0.15, 0.2) is 11.4 Å². The van der Waals surface area contributed by atoms with Gasteiger partial charge in [0.2, 0.25) is 5.78 Å². The molecule has 11 heteroatoms. The van der Waals surface area contributed by atoms with Gasteiger partial charge >= 0.3 is 0 Å². The van der Waals surface area contributed by atoms with Crippen molar-refractivity contribution >= 4 is 28.9 Å². The van der Waals surface area contributed by atoms with Gasteiger partial charge in [0.25, 0.3) is 5.91 Å². The molecule has 0 aliphatic heterocycles. The van der Waals surface area contributed by atoms with E-state index >= 15 is 0 Å². The van der Waals surface area contributed by atoms with E-state index in [1.165, 1.54) is 4.90 Å². The van der Waals surface area contributed by atoms with Crippen molar-refractivity contribution in [3.8, 4) is 5.75 Å². The van der Waals surface area contributed by atoms with Crippen LogP contribution in [0.4, 0.5) is 5.69 Å². The lowest BCUT2D eigenvalue weighted by atomic mass is 9.57. The molecule has 3 aliphatic carbocycles. The summed E-state index contributed by atoms with van der Waals surface area (Å²) in [5.74, 6) is -6.15. The fourth-order valence-electron chi connectivity index (χ4n) is 6.38. The largest absolute Gasteiger partial charge is 0.508 e. The molecule has 3 aliphatic rings. The fourth-order valence-corrected chi connectivity index (χ4v) is 6.38. The van der Waals surface area contributed by atoms with Gasteiger partial charge in [-0.25, -0.2) is 0 Å². The van der Waals surface area contributed by atoms with Crippen molar-refractivity contribution in [3.05, 3.63) is 39.7 Å². The molecule has 1 fully saturated rings. The number of carbonyl (C=O) groups excluding carboxylic acids is 3. The van der Waals surface area contributed by atoms with Crippen molar-refractivity contribution in [3.63, 3.8) is 0 Å². The molecule has 4 rings (SSSR count). The number of nitrogens with two attached hydrogens (primary N) is 1. The van der Waals surface area contributed by atoms with Crippen LogP contribution in [0.5, 0.6) is 5.75 Å². The standard InChI is InChI=1S/C28H38N4O7/c1-12(2)10-30-11-14-9-17(31(3)4)15-7-13-8-16-21(32(5)6)24(35)20(27(29)38)26(37)28(16,39)25(36)18(13)23(34)19(15)22(14)33/h9,12-13,16,21,30,33-34,37,39H,7-8,10-11H2,1-6H3,(H2,29,38)/t13?,16-,21?,28-/m0/s1. The third-order valence-electron chi connectivity index (χ3n) is 8.13. The number of likely N-dealkylation sites (N-methyl/N-ethyl adjacent to an activating group) is 1. The number of rotatable bonds is 7. The molecule has 1 saturated carbocycles. The summed E-state index contributed by atoms with van der Waals surface area (Å²) in [6, 6.07) is 0.736. The van der Waals surface area contributed by atoms with Gasteiger partial charge in [-0.05, 0) is 56.9 Å². The maximum atomic E-state index is 14.0. The summed E-state index contributed by atoms with van der Waals surface area (Å²) in [4.78, 5) is 42.7. The van der Waals surface area contributed by atoms with E-state index < -0.39 is 58.0 Å². The molecule has 1 amide bonds. The lowest BCUT2D eigenvalue weighted by Gasteiger charge is -2.50. The monoisotopic (exact) mass is 542 g/mol.